The summed E-state index contributed by atoms with van der Waals surface area (Å²) >= 11 is 0. The fraction of sp³-hybridized carbons (Fsp3) is 0.333. The van der Waals surface area contributed by atoms with Crippen molar-refractivity contribution in [3.05, 3.63) is 34.9 Å². The van der Waals surface area contributed by atoms with E-state index >= 15 is 0 Å². The van der Waals surface area contributed by atoms with Crippen LogP contribution in [0.4, 0.5) is 5.95 Å². The van der Waals surface area contributed by atoms with Gasteiger partial charge in [-0.2, -0.15) is 5.21 Å². The van der Waals surface area contributed by atoms with E-state index in [0.717, 1.165) is 0 Å². The lowest BCUT2D eigenvalue weighted by molar-refractivity contribution is -0.116. The monoisotopic (exact) mass is 245 g/mol. The molecule has 0 atom stereocenters. The van der Waals surface area contributed by atoms with E-state index in [4.69, 9.17) is 0 Å². The van der Waals surface area contributed by atoms with E-state index in [0.29, 0.717) is 12.8 Å². The van der Waals surface area contributed by atoms with Crippen molar-refractivity contribution in [2.24, 2.45) is 0 Å². The summed E-state index contributed by atoms with van der Waals surface area (Å²) in [4.78, 5) is 11.6. The lowest BCUT2D eigenvalue weighted by Crippen LogP contribution is -2.13. The summed E-state index contributed by atoms with van der Waals surface area (Å²) in [6, 6.07) is 6.23. The second kappa shape index (κ2) is 5.39. The van der Waals surface area contributed by atoms with E-state index in [2.05, 4.69) is 58.0 Å². The van der Waals surface area contributed by atoms with Crippen LogP contribution in [0.15, 0.2) is 18.2 Å². The molecule has 0 radical (unpaired) electrons. The molecule has 94 valence electrons. The van der Waals surface area contributed by atoms with Gasteiger partial charge in [-0.15, -0.1) is 5.10 Å². The SMILES string of the molecule is Cc1ccc(CCC(=O)Nc2nn[nH]n2)c(C)c1. The van der Waals surface area contributed by atoms with Crippen LogP contribution in [0.2, 0.25) is 0 Å². The standard InChI is InChI=1S/C12H15N5O/c1-8-3-4-10(9(2)7-8)5-6-11(18)13-12-14-16-17-15-12/h3-4,7H,5-6H2,1-2H3,(H2,13,14,15,16,17,18). The van der Waals surface area contributed by atoms with Crippen molar-refractivity contribution in [2.45, 2.75) is 26.7 Å². The Bertz CT molecular complexity index is 535. The smallest absolute Gasteiger partial charge is 0.269 e. The molecule has 0 saturated carbocycles. The number of amides is 1. The molecule has 0 unspecified atom stereocenters. The molecule has 0 aliphatic heterocycles. The molecular formula is C12H15N5O. The summed E-state index contributed by atoms with van der Waals surface area (Å²) in [5, 5.41) is 15.5. The zero-order valence-electron chi connectivity index (χ0n) is 10.4. The van der Waals surface area contributed by atoms with E-state index in [1.807, 2.05) is 0 Å². The van der Waals surface area contributed by atoms with Crippen LogP contribution in [0.1, 0.15) is 23.1 Å². The first kappa shape index (κ1) is 12.2. The number of hydrogen-bond donors (Lipinski definition) is 2. The number of nitrogens with zero attached hydrogens (tertiary/aromatic N) is 3. The Morgan fingerprint density at radius 2 is 2.22 bits per heavy atom. The number of carbonyl (C=O) groups is 1. The van der Waals surface area contributed by atoms with Gasteiger partial charge in [-0.25, -0.2) is 0 Å². The van der Waals surface area contributed by atoms with Crippen molar-refractivity contribution >= 4 is 11.9 Å². The quantitative estimate of drug-likeness (QED) is 0.852. The highest BCUT2D eigenvalue weighted by Crippen LogP contribution is 2.12. The third-order valence-electron chi connectivity index (χ3n) is 2.72. The lowest BCUT2D eigenvalue weighted by Gasteiger charge is -2.06. The van der Waals surface area contributed by atoms with Crippen LogP contribution in [0.3, 0.4) is 0 Å². The van der Waals surface area contributed by atoms with Crippen LogP contribution >= 0.6 is 0 Å². The minimum absolute atomic E-state index is 0.114. The summed E-state index contributed by atoms with van der Waals surface area (Å²) in [6.45, 7) is 4.11. The topological polar surface area (TPSA) is 83.6 Å². The van der Waals surface area contributed by atoms with Crippen LogP contribution in [-0.2, 0) is 11.2 Å². The summed E-state index contributed by atoms with van der Waals surface area (Å²) in [7, 11) is 0. The van der Waals surface area contributed by atoms with Gasteiger partial charge in [0.25, 0.3) is 5.95 Å². The van der Waals surface area contributed by atoms with Gasteiger partial charge in [0.1, 0.15) is 0 Å². The van der Waals surface area contributed by atoms with Crippen LogP contribution in [0.5, 0.6) is 0 Å². The number of aryl methyl sites for hydroxylation is 3. The van der Waals surface area contributed by atoms with E-state index in [1.54, 1.807) is 0 Å². The first-order chi connectivity index (χ1) is 8.65. The summed E-state index contributed by atoms with van der Waals surface area (Å²) in [5.41, 5.74) is 3.62. The molecule has 1 heterocycles. The van der Waals surface area contributed by atoms with Gasteiger partial charge in [-0.05, 0) is 36.6 Å². The number of hydrogen-bond acceptors (Lipinski definition) is 4. The Labute approximate surface area is 105 Å². The zero-order chi connectivity index (χ0) is 13.0. The van der Waals surface area contributed by atoms with Crippen molar-refractivity contribution in [3.8, 4) is 0 Å². The number of H-pyrrole nitrogens is 1. The highest BCUT2D eigenvalue weighted by atomic mass is 16.1. The Kier molecular flexibility index (Phi) is 3.66. The number of nitrogens with one attached hydrogen (secondary N) is 2. The van der Waals surface area contributed by atoms with Crippen molar-refractivity contribution in [2.75, 3.05) is 5.32 Å². The van der Waals surface area contributed by atoms with Crippen LogP contribution < -0.4 is 5.32 Å². The maximum absolute atomic E-state index is 11.6. The maximum atomic E-state index is 11.6. The first-order valence-electron chi connectivity index (χ1n) is 5.74. The van der Waals surface area contributed by atoms with Crippen molar-refractivity contribution in [3.63, 3.8) is 0 Å². The molecular weight excluding hydrogens is 230 g/mol. The number of aromatic nitrogens is 4. The van der Waals surface area contributed by atoms with Crippen molar-refractivity contribution in [1.82, 2.24) is 20.6 Å². The van der Waals surface area contributed by atoms with Crippen LogP contribution in [0, 0.1) is 13.8 Å². The van der Waals surface area contributed by atoms with Gasteiger partial charge in [-0.1, -0.05) is 28.9 Å². The highest BCUT2D eigenvalue weighted by molar-refractivity contribution is 5.88. The van der Waals surface area contributed by atoms with E-state index in [1.165, 1.54) is 16.7 Å². The van der Waals surface area contributed by atoms with Gasteiger partial charge in [-0.3, -0.25) is 10.1 Å². The van der Waals surface area contributed by atoms with Gasteiger partial charge in [0.2, 0.25) is 5.91 Å². The summed E-state index contributed by atoms with van der Waals surface area (Å²) < 4.78 is 0. The molecule has 0 saturated heterocycles. The normalized spacial score (nSPS) is 10.3. The molecule has 0 aliphatic carbocycles. The van der Waals surface area contributed by atoms with Gasteiger partial charge in [0, 0.05) is 6.42 Å². The third kappa shape index (κ3) is 3.13. The molecule has 0 spiro atoms. The largest absolute Gasteiger partial charge is 0.292 e. The van der Waals surface area contributed by atoms with Crippen LogP contribution in [-0.4, -0.2) is 26.5 Å². The highest BCUT2D eigenvalue weighted by Gasteiger charge is 2.07. The predicted octanol–water partition coefficient (Wildman–Crippen LogP) is 1.39. The minimum Gasteiger partial charge on any atom is -0.292 e. The number of aromatic amines is 1. The second-order valence-corrected chi connectivity index (χ2v) is 4.21. The van der Waals surface area contributed by atoms with E-state index in [-0.39, 0.29) is 11.9 Å². The molecule has 1 aromatic heterocycles. The molecule has 2 rings (SSSR count). The number of carbonyl (C=O) groups excluding carboxylic acids is 1. The maximum Gasteiger partial charge on any atom is 0.269 e. The molecule has 18 heavy (non-hydrogen) atoms. The molecule has 0 bridgehead atoms. The van der Waals surface area contributed by atoms with Crippen molar-refractivity contribution < 1.29 is 4.79 Å². The average Bonchev–Trinajstić information content (AvgIpc) is 2.80. The number of anilines is 1. The molecule has 6 heteroatoms. The Hall–Kier alpha value is -2.24. The fourth-order valence-electron chi connectivity index (χ4n) is 1.78. The Balaban J connectivity index is 1.89. The number of rotatable bonds is 4. The minimum atomic E-state index is -0.114. The lowest BCUT2D eigenvalue weighted by atomic mass is 10.0. The molecule has 2 aromatic rings. The van der Waals surface area contributed by atoms with Crippen molar-refractivity contribution in [1.29, 1.82) is 0 Å². The summed E-state index contributed by atoms with van der Waals surface area (Å²) in [6.07, 6.45) is 1.11. The number of tetrazole rings is 1. The van der Waals surface area contributed by atoms with Gasteiger partial charge >= 0.3 is 0 Å². The zero-order valence-corrected chi connectivity index (χ0v) is 10.4. The fourth-order valence-corrected chi connectivity index (χ4v) is 1.78. The van der Waals surface area contributed by atoms with Gasteiger partial charge in [0.15, 0.2) is 0 Å². The van der Waals surface area contributed by atoms with E-state index in [9.17, 15) is 4.79 Å². The molecule has 1 amide bonds. The third-order valence-corrected chi connectivity index (χ3v) is 2.72. The average molecular weight is 245 g/mol. The molecule has 0 fully saturated rings. The Morgan fingerprint density at radius 3 is 2.89 bits per heavy atom. The Morgan fingerprint density at radius 1 is 1.39 bits per heavy atom. The van der Waals surface area contributed by atoms with Crippen LogP contribution in [0.25, 0.3) is 0 Å². The molecule has 1 aromatic carbocycles. The molecule has 0 aliphatic rings. The van der Waals surface area contributed by atoms with Gasteiger partial charge in [0.05, 0.1) is 0 Å². The number of benzene rings is 1. The second-order valence-electron chi connectivity index (χ2n) is 4.21. The molecule has 2 N–H and O–H groups in total. The first-order valence-corrected chi connectivity index (χ1v) is 5.74. The van der Waals surface area contributed by atoms with Gasteiger partial charge < -0.3 is 0 Å². The van der Waals surface area contributed by atoms with E-state index < -0.39 is 0 Å². The molecule has 6 nitrogen and oxygen atoms in total. The summed E-state index contributed by atoms with van der Waals surface area (Å²) in [5.74, 6) is 0.0944. The predicted molar refractivity (Wildman–Crippen MR) is 67.0 cm³/mol.